The smallest absolute Gasteiger partial charge is 0.0616 e. The SMILES string of the molecule is CCCOCCC1CCCc2ccccc2C1Cl. The van der Waals surface area contributed by atoms with E-state index in [1.807, 2.05) is 0 Å². The van der Waals surface area contributed by atoms with Crippen LogP contribution in [-0.4, -0.2) is 13.2 Å². The van der Waals surface area contributed by atoms with Crippen LogP contribution in [0.5, 0.6) is 0 Å². The van der Waals surface area contributed by atoms with Crippen molar-refractivity contribution in [1.82, 2.24) is 0 Å². The van der Waals surface area contributed by atoms with Crippen molar-refractivity contribution in [3.05, 3.63) is 35.4 Å². The number of aryl methyl sites for hydroxylation is 1. The minimum absolute atomic E-state index is 0.161. The lowest BCUT2D eigenvalue weighted by atomic mass is 9.93. The van der Waals surface area contributed by atoms with Crippen molar-refractivity contribution in [3.8, 4) is 0 Å². The Morgan fingerprint density at radius 3 is 2.94 bits per heavy atom. The Morgan fingerprint density at radius 1 is 1.28 bits per heavy atom. The van der Waals surface area contributed by atoms with Crippen LogP contribution < -0.4 is 0 Å². The van der Waals surface area contributed by atoms with Crippen molar-refractivity contribution in [1.29, 1.82) is 0 Å². The van der Waals surface area contributed by atoms with Gasteiger partial charge in [-0.05, 0) is 49.1 Å². The predicted octanol–water partition coefficient (Wildman–Crippen LogP) is 4.74. The fourth-order valence-electron chi connectivity index (χ4n) is 2.76. The zero-order valence-electron chi connectivity index (χ0n) is 11.2. The van der Waals surface area contributed by atoms with Gasteiger partial charge in [-0.15, -0.1) is 11.6 Å². The Labute approximate surface area is 115 Å². The molecule has 0 bridgehead atoms. The summed E-state index contributed by atoms with van der Waals surface area (Å²) in [5, 5.41) is 0.161. The molecule has 2 heteroatoms. The van der Waals surface area contributed by atoms with Crippen LogP contribution in [0, 0.1) is 5.92 Å². The molecule has 2 atom stereocenters. The van der Waals surface area contributed by atoms with Crippen LogP contribution in [0.2, 0.25) is 0 Å². The van der Waals surface area contributed by atoms with Crippen molar-refractivity contribution < 1.29 is 4.74 Å². The number of hydrogen-bond donors (Lipinski definition) is 0. The molecule has 0 saturated heterocycles. The van der Waals surface area contributed by atoms with Crippen molar-refractivity contribution >= 4 is 11.6 Å². The third-order valence-electron chi connectivity index (χ3n) is 3.77. The predicted molar refractivity (Wildman–Crippen MR) is 77.2 cm³/mol. The summed E-state index contributed by atoms with van der Waals surface area (Å²) in [5.74, 6) is 0.562. The quantitative estimate of drug-likeness (QED) is 0.425. The van der Waals surface area contributed by atoms with E-state index in [0.29, 0.717) is 5.92 Å². The first kappa shape index (κ1) is 13.9. The normalized spacial score (nSPS) is 23.4. The maximum atomic E-state index is 6.67. The van der Waals surface area contributed by atoms with E-state index in [1.165, 1.54) is 30.4 Å². The van der Waals surface area contributed by atoms with E-state index >= 15 is 0 Å². The lowest BCUT2D eigenvalue weighted by Crippen LogP contribution is -2.11. The molecule has 1 nitrogen and oxygen atoms in total. The van der Waals surface area contributed by atoms with E-state index < -0.39 is 0 Å². The molecule has 1 aliphatic carbocycles. The molecule has 0 spiro atoms. The van der Waals surface area contributed by atoms with Gasteiger partial charge in [0.2, 0.25) is 0 Å². The van der Waals surface area contributed by atoms with Crippen molar-refractivity contribution in [2.45, 2.75) is 44.4 Å². The molecular formula is C16H23ClO. The highest BCUT2D eigenvalue weighted by Gasteiger charge is 2.25. The van der Waals surface area contributed by atoms with Gasteiger partial charge in [-0.3, -0.25) is 0 Å². The molecule has 0 fully saturated rings. The van der Waals surface area contributed by atoms with Gasteiger partial charge in [0.15, 0.2) is 0 Å². The van der Waals surface area contributed by atoms with Crippen LogP contribution in [0.25, 0.3) is 0 Å². The summed E-state index contributed by atoms with van der Waals surface area (Å²) in [5.41, 5.74) is 2.78. The first-order valence-corrected chi connectivity index (χ1v) is 7.56. The molecule has 1 aromatic carbocycles. The molecule has 0 N–H and O–H groups in total. The van der Waals surface area contributed by atoms with Crippen LogP contribution in [0.3, 0.4) is 0 Å². The molecule has 100 valence electrons. The minimum atomic E-state index is 0.161. The zero-order valence-corrected chi connectivity index (χ0v) is 12.0. The summed E-state index contributed by atoms with van der Waals surface area (Å²) >= 11 is 6.67. The summed E-state index contributed by atoms with van der Waals surface area (Å²) < 4.78 is 5.60. The van der Waals surface area contributed by atoms with Crippen LogP contribution in [0.15, 0.2) is 24.3 Å². The molecule has 2 unspecified atom stereocenters. The molecule has 0 amide bonds. The van der Waals surface area contributed by atoms with Gasteiger partial charge in [0.25, 0.3) is 0 Å². The van der Waals surface area contributed by atoms with Crippen molar-refractivity contribution in [2.24, 2.45) is 5.92 Å². The summed E-state index contributed by atoms with van der Waals surface area (Å²) in [6, 6.07) is 8.64. The Morgan fingerprint density at radius 2 is 2.11 bits per heavy atom. The van der Waals surface area contributed by atoms with Gasteiger partial charge in [-0.25, -0.2) is 0 Å². The van der Waals surface area contributed by atoms with Gasteiger partial charge in [0.05, 0.1) is 5.38 Å². The second kappa shape index (κ2) is 7.16. The molecule has 0 radical (unpaired) electrons. The number of ether oxygens (including phenoxy) is 1. The molecule has 0 heterocycles. The Balaban J connectivity index is 1.97. The van der Waals surface area contributed by atoms with Crippen LogP contribution in [0.4, 0.5) is 0 Å². The Kier molecular flexibility index (Phi) is 5.52. The highest BCUT2D eigenvalue weighted by Crippen LogP contribution is 2.39. The van der Waals surface area contributed by atoms with Gasteiger partial charge in [-0.1, -0.05) is 31.2 Å². The Bertz CT molecular complexity index is 364. The first-order chi connectivity index (χ1) is 8.83. The second-order valence-electron chi connectivity index (χ2n) is 5.15. The molecule has 18 heavy (non-hydrogen) atoms. The highest BCUT2D eigenvalue weighted by atomic mass is 35.5. The number of fused-ring (bicyclic) bond motifs is 1. The fraction of sp³-hybridized carbons (Fsp3) is 0.625. The molecule has 2 rings (SSSR count). The first-order valence-electron chi connectivity index (χ1n) is 7.12. The van der Waals surface area contributed by atoms with E-state index in [1.54, 1.807) is 0 Å². The van der Waals surface area contributed by atoms with Gasteiger partial charge < -0.3 is 4.74 Å². The van der Waals surface area contributed by atoms with E-state index in [4.69, 9.17) is 16.3 Å². The molecule has 1 aromatic rings. The number of hydrogen-bond acceptors (Lipinski definition) is 1. The summed E-state index contributed by atoms with van der Waals surface area (Å²) in [6.07, 6.45) is 5.82. The van der Waals surface area contributed by atoms with E-state index in [0.717, 1.165) is 26.1 Å². The largest absolute Gasteiger partial charge is 0.381 e. The van der Waals surface area contributed by atoms with Crippen LogP contribution in [0.1, 0.15) is 49.1 Å². The topological polar surface area (TPSA) is 9.23 Å². The molecule has 0 saturated carbocycles. The number of halogens is 1. The monoisotopic (exact) mass is 266 g/mol. The van der Waals surface area contributed by atoms with Gasteiger partial charge in [-0.2, -0.15) is 0 Å². The summed E-state index contributed by atoms with van der Waals surface area (Å²) in [6.45, 7) is 3.87. The maximum absolute atomic E-state index is 6.67. The van der Waals surface area contributed by atoms with E-state index in [-0.39, 0.29) is 5.38 Å². The molecule has 0 aromatic heterocycles. The third-order valence-corrected chi connectivity index (χ3v) is 4.36. The lowest BCUT2D eigenvalue weighted by Gasteiger charge is -2.21. The fourth-order valence-corrected chi connectivity index (χ4v) is 3.22. The average molecular weight is 267 g/mol. The van der Waals surface area contributed by atoms with Crippen LogP contribution >= 0.6 is 11.6 Å². The van der Waals surface area contributed by atoms with E-state index in [9.17, 15) is 0 Å². The summed E-state index contributed by atoms with van der Waals surface area (Å²) in [7, 11) is 0. The molecule has 0 aliphatic heterocycles. The van der Waals surface area contributed by atoms with Crippen molar-refractivity contribution in [2.75, 3.05) is 13.2 Å². The maximum Gasteiger partial charge on any atom is 0.0616 e. The lowest BCUT2D eigenvalue weighted by molar-refractivity contribution is 0.118. The van der Waals surface area contributed by atoms with Gasteiger partial charge >= 0.3 is 0 Å². The third kappa shape index (κ3) is 3.49. The second-order valence-corrected chi connectivity index (χ2v) is 5.62. The number of benzene rings is 1. The Hall–Kier alpha value is -0.530. The average Bonchev–Trinajstić information content (AvgIpc) is 2.56. The van der Waals surface area contributed by atoms with E-state index in [2.05, 4.69) is 31.2 Å². The molecular weight excluding hydrogens is 244 g/mol. The number of alkyl halides is 1. The van der Waals surface area contributed by atoms with Crippen molar-refractivity contribution in [3.63, 3.8) is 0 Å². The number of rotatable bonds is 5. The van der Waals surface area contributed by atoms with Gasteiger partial charge in [0.1, 0.15) is 0 Å². The zero-order chi connectivity index (χ0) is 12.8. The van der Waals surface area contributed by atoms with Crippen LogP contribution in [-0.2, 0) is 11.2 Å². The summed E-state index contributed by atoms with van der Waals surface area (Å²) in [4.78, 5) is 0. The standard InChI is InChI=1S/C16H23ClO/c1-2-11-18-12-10-14-8-5-7-13-6-3-4-9-15(13)16(14)17/h3-4,6,9,14,16H,2,5,7-8,10-12H2,1H3. The molecule has 1 aliphatic rings. The minimum Gasteiger partial charge on any atom is -0.381 e. The highest BCUT2D eigenvalue weighted by molar-refractivity contribution is 6.21. The van der Waals surface area contributed by atoms with Gasteiger partial charge in [0, 0.05) is 13.2 Å².